The second kappa shape index (κ2) is 5.52. The van der Waals surface area contributed by atoms with Crippen LogP contribution in [-0.2, 0) is 16.1 Å². The molecule has 0 saturated heterocycles. The molecular weight excluding hydrogens is 230 g/mol. The first-order chi connectivity index (χ1) is 8.61. The Morgan fingerprint density at radius 3 is 2.89 bits per heavy atom. The zero-order chi connectivity index (χ0) is 13.1. The van der Waals surface area contributed by atoms with E-state index in [1.54, 1.807) is 6.20 Å². The van der Waals surface area contributed by atoms with Crippen LogP contribution in [0.3, 0.4) is 0 Å². The maximum absolute atomic E-state index is 11.8. The summed E-state index contributed by atoms with van der Waals surface area (Å²) in [6, 6.07) is 0.189. The molecule has 1 heterocycles. The minimum absolute atomic E-state index is 0.203. The summed E-state index contributed by atoms with van der Waals surface area (Å²) in [5, 5.41) is 3.32. The van der Waals surface area contributed by atoms with Crippen molar-refractivity contribution in [3.8, 4) is 0 Å². The Bertz CT molecular complexity index is 410. The van der Waals surface area contributed by atoms with Crippen molar-refractivity contribution in [3.63, 3.8) is 0 Å². The number of nitrogens with zero attached hydrogens (tertiary/aromatic N) is 2. The zero-order valence-electron chi connectivity index (χ0n) is 11.2. The number of aromatic nitrogens is 2. The molecule has 0 aliphatic heterocycles. The normalized spacial score (nSPS) is 16.9. The van der Waals surface area contributed by atoms with Gasteiger partial charge in [-0.2, -0.15) is 0 Å². The van der Waals surface area contributed by atoms with Crippen molar-refractivity contribution in [2.24, 2.45) is 0 Å². The third-order valence-electron chi connectivity index (χ3n) is 3.14. The molecule has 1 N–H and O–H groups in total. The van der Waals surface area contributed by atoms with Gasteiger partial charge in [0.05, 0.1) is 7.11 Å². The van der Waals surface area contributed by atoms with Crippen molar-refractivity contribution in [2.45, 2.75) is 51.2 Å². The summed E-state index contributed by atoms with van der Waals surface area (Å²) >= 11 is 0. The molecule has 0 bridgehead atoms. The molecule has 2 rings (SSSR count). The fourth-order valence-electron chi connectivity index (χ4n) is 2.04. The van der Waals surface area contributed by atoms with Crippen LogP contribution in [0, 0.1) is 0 Å². The second-order valence-electron chi connectivity index (χ2n) is 5.11. The molecule has 0 aromatic carbocycles. The number of carbonyl (C=O) groups excluding carboxylic acids is 1. The van der Waals surface area contributed by atoms with Crippen LogP contribution in [-0.4, -0.2) is 34.7 Å². The molecule has 1 fully saturated rings. The van der Waals surface area contributed by atoms with E-state index >= 15 is 0 Å². The fraction of sp³-hybridized carbons (Fsp3) is 0.692. The molecule has 18 heavy (non-hydrogen) atoms. The number of ether oxygens (including phenoxy) is 1. The van der Waals surface area contributed by atoms with Crippen LogP contribution in [0.15, 0.2) is 12.4 Å². The number of hydrogen-bond donors (Lipinski definition) is 1. The molecule has 0 amide bonds. The quantitative estimate of drug-likeness (QED) is 0.774. The van der Waals surface area contributed by atoms with E-state index < -0.39 is 0 Å². The van der Waals surface area contributed by atoms with Crippen LogP contribution < -0.4 is 5.32 Å². The predicted octanol–water partition coefficient (Wildman–Crippen LogP) is 1.30. The predicted molar refractivity (Wildman–Crippen MR) is 68.3 cm³/mol. The van der Waals surface area contributed by atoms with Gasteiger partial charge >= 0.3 is 5.97 Å². The lowest BCUT2D eigenvalue weighted by molar-refractivity contribution is -0.143. The minimum Gasteiger partial charge on any atom is -0.468 e. The molecule has 1 atom stereocenters. The van der Waals surface area contributed by atoms with Gasteiger partial charge in [-0.15, -0.1) is 0 Å². The number of hydrogen-bond acceptors (Lipinski definition) is 4. The third-order valence-corrected chi connectivity index (χ3v) is 3.14. The van der Waals surface area contributed by atoms with E-state index in [4.69, 9.17) is 4.74 Å². The fourth-order valence-corrected chi connectivity index (χ4v) is 2.04. The average molecular weight is 251 g/mol. The highest BCUT2D eigenvalue weighted by Crippen LogP contribution is 2.20. The third kappa shape index (κ3) is 3.10. The lowest BCUT2D eigenvalue weighted by Gasteiger charge is -2.18. The maximum Gasteiger partial charge on any atom is 0.324 e. The monoisotopic (exact) mass is 251 g/mol. The molecule has 1 aromatic heterocycles. The Labute approximate surface area is 108 Å². The van der Waals surface area contributed by atoms with E-state index in [1.807, 2.05) is 10.8 Å². The lowest BCUT2D eigenvalue weighted by Crippen LogP contribution is -2.42. The number of esters is 1. The van der Waals surface area contributed by atoms with E-state index in [0.717, 1.165) is 18.7 Å². The number of carbonyl (C=O) groups is 1. The number of imidazole rings is 1. The molecule has 1 aliphatic rings. The van der Waals surface area contributed by atoms with Crippen LogP contribution in [0.4, 0.5) is 0 Å². The van der Waals surface area contributed by atoms with Crippen molar-refractivity contribution in [2.75, 3.05) is 7.11 Å². The van der Waals surface area contributed by atoms with E-state index in [1.165, 1.54) is 7.11 Å². The van der Waals surface area contributed by atoms with Crippen molar-refractivity contribution >= 4 is 5.97 Å². The molecular formula is C13H21N3O2. The van der Waals surface area contributed by atoms with Gasteiger partial charge in [0.15, 0.2) is 0 Å². The van der Waals surface area contributed by atoms with Crippen molar-refractivity contribution in [1.29, 1.82) is 0 Å². The Kier molecular flexibility index (Phi) is 4.01. The SMILES string of the molecule is COC(=O)C(Cn1ccnc1C(C)C)NC1CC1. The average Bonchev–Trinajstić information content (AvgIpc) is 3.03. The second-order valence-corrected chi connectivity index (χ2v) is 5.11. The van der Waals surface area contributed by atoms with Crippen LogP contribution in [0.25, 0.3) is 0 Å². The largest absolute Gasteiger partial charge is 0.468 e. The van der Waals surface area contributed by atoms with Gasteiger partial charge in [0.25, 0.3) is 0 Å². The summed E-state index contributed by atoms with van der Waals surface area (Å²) in [6.45, 7) is 4.78. The molecule has 1 aromatic rings. The van der Waals surface area contributed by atoms with Gasteiger partial charge in [0.2, 0.25) is 0 Å². The van der Waals surface area contributed by atoms with Gasteiger partial charge in [0, 0.05) is 30.9 Å². The highest BCUT2D eigenvalue weighted by Gasteiger charge is 2.29. The molecule has 1 saturated carbocycles. The summed E-state index contributed by atoms with van der Waals surface area (Å²) in [4.78, 5) is 16.1. The molecule has 1 unspecified atom stereocenters. The topological polar surface area (TPSA) is 56.2 Å². The smallest absolute Gasteiger partial charge is 0.324 e. The minimum atomic E-state index is -0.283. The molecule has 0 spiro atoms. The number of methoxy groups -OCH3 is 1. The van der Waals surface area contributed by atoms with E-state index in [2.05, 4.69) is 24.1 Å². The van der Waals surface area contributed by atoms with Gasteiger partial charge in [0.1, 0.15) is 11.9 Å². The van der Waals surface area contributed by atoms with Crippen LogP contribution in [0.5, 0.6) is 0 Å². The highest BCUT2D eigenvalue weighted by molar-refractivity contribution is 5.75. The molecule has 0 radical (unpaired) electrons. The number of rotatable bonds is 6. The molecule has 1 aliphatic carbocycles. The van der Waals surface area contributed by atoms with Gasteiger partial charge < -0.3 is 14.6 Å². The first-order valence-corrected chi connectivity index (χ1v) is 6.46. The van der Waals surface area contributed by atoms with Crippen molar-refractivity contribution < 1.29 is 9.53 Å². The van der Waals surface area contributed by atoms with E-state index in [0.29, 0.717) is 18.5 Å². The molecule has 100 valence electrons. The van der Waals surface area contributed by atoms with Crippen molar-refractivity contribution in [1.82, 2.24) is 14.9 Å². The lowest BCUT2D eigenvalue weighted by atomic mass is 10.2. The first kappa shape index (κ1) is 13.1. The van der Waals surface area contributed by atoms with Crippen molar-refractivity contribution in [3.05, 3.63) is 18.2 Å². The Morgan fingerprint density at radius 1 is 1.61 bits per heavy atom. The van der Waals surface area contributed by atoms with Gasteiger partial charge in [-0.25, -0.2) is 4.98 Å². The zero-order valence-corrected chi connectivity index (χ0v) is 11.2. The van der Waals surface area contributed by atoms with Gasteiger partial charge in [-0.05, 0) is 12.8 Å². The van der Waals surface area contributed by atoms with Gasteiger partial charge in [-0.3, -0.25) is 4.79 Å². The standard InChI is InChI=1S/C13H21N3O2/c1-9(2)12-14-6-7-16(12)8-11(13(17)18-3)15-10-4-5-10/h6-7,9-11,15H,4-5,8H2,1-3H3. The summed E-state index contributed by atoms with van der Waals surface area (Å²) in [7, 11) is 1.43. The summed E-state index contributed by atoms with van der Waals surface area (Å²) in [5.74, 6) is 1.14. The van der Waals surface area contributed by atoms with Crippen LogP contribution in [0.1, 0.15) is 38.4 Å². The number of nitrogens with one attached hydrogen (secondary N) is 1. The van der Waals surface area contributed by atoms with Gasteiger partial charge in [-0.1, -0.05) is 13.8 Å². The van der Waals surface area contributed by atoms with E-state index in [-0.39, 0.29) is 12.0 Å². The molecule has 5 nitrogen and oxygen atoms in total. The Balaban J connectivity index is 2.06. The van der Waals surface area contributed by atoms with Crippen LogP contribution >= 0.6 is 0 Å². The summed E-state index contributed by atoms with van der Waals surface area (Å²) in [6.07, 6.45) is 5.99. The first-order valence-electron chi connectivity index (χ1n) is 6.46. The Hall–Kier alpha value is -1.36. The molecule has 5 heteroatoms. The summed E-state index contributed by atoms with van der Waals surface area (Å²) < 4.78 is 6.88. The maximum atomic E-state index is 11.8. The van der Waals surface area contributed by atoms with Crippen LogP contribution in [0.2, 0.25) is 0 Å². The van der Waals surface area contributed by atoms with E-state index in [9.17, 15) is 4.79 Å². The Morgan fingerprint density at radius 2 is 2.33 bits per heavy atom. The summed E-state index contributed by atoms with van der Waals surface area (Å²) in [5.41, 5.74) is 0. The highest BCUT2D eigenvalue weighted by atomic mass is 16.5.